The molecule has 0 unspecified atom stereocenters. The number of aromatic nitrogens is 2. The van der Waals surface area contributed by atoms with Crippen molar-refractivity contribution in [1.82, 2.24) is 9.78 Å². The third-order valence-corrected chi connectivity index (χ3v) is 6.93. The molecular formula is C21H25N3O2S. The van der Waals surface area contributed by atoms with Gasteiger partial charge in [0.05, 0.1) is 23.3 Å². The van der Waals surface area contributed by atoms with Crippen LogP contribution in [0.3, 0.4) is 0 Å². The molecule has 1 aromatic heterocycles. The first kappa shape index (κ1) is 19.2. The molecular weight excluding hydrogens is 358 g/mol. The van der Waals surface area contributed by atoms with Gasteiger partial charge in [0.1, 0.15) is 0 Å². The van der Waals surface area contributed by atoms with Crippen LogP contribution in [0.5, 0.6) is 0 Å². The monoisotopic (exact) mass is 383 g/mol. The lowest BCUT2D eigenvalue weighted by molar-refractivity contribution is 0.599. The lowest BCUT2D eigenvalue weighted by Crippen LogP contribution is -2.17. The highest BCUT2D eigenvalue weighted by Gasteiger charge is 2.24. The van der Waals surface area contributed by atoms with E-state index in [-0.39, 0.29) is 0 Å². The quantitative estimate of drug-likeness (QED) is 0.715. The number of rotatable bonds is 5. The maximum Gasteiger partial charge on any atom is 0.262 e. The smallest absolute Gasteiger partial charge is 0.262 e. The zero-order valence-electron chi connectivity index (χ0n) is 16.4. The number of nitrogens with zero attached hydrogens (tertiary/aromatic N) is 2. The molecule has 0 aliphatic carbocycles. The highest BCUT2D eigenvalue weighted by atomic mass is 32.2. The van der Waals surface area contributed by atoms with Crippen LogP contribution in [0.25, 0.3) is 0 Å². The van der Waals surface area contributed by atoms with Crippen molar-refractivity contribution in [3.8, 4) is 0 Å². The van der Waals surface area contributed by atoms with Crippen LogP contribution in [0.15, 0.2) is 47.6 Å². The average Bonchev–Trinajstić information content (AvgIpc) is 3.05. The molecule has 6 heteroatoms. The maximum absolute atomic E-state index is 13.1. The fraction of sp³-hybridized carbons (Fsp3) is 0.286. The van der Waals surface area contributed by atoms with E-state index in [1.54, 1.807) is 17.1 Å². The van der Waals surface area contributed by atoms with Gasteiger partial charge in [0.25, 0.3) is 10.0 Å². The molecule has 142 valence electrons. The van der Waals surface area contributed by atoms with Gasteiger partial charge in [-0.3, -0.25) is 9.40 Å². The predicted octanol–water partition coefficient (Wildman–Crippen LogP) is 4.27. The topological polar surface area (TPSA) is 64.0 Å². The molecule has 2 aromatic carbocycles. The summed E-state index contributed by atoms with van der Waals surface area (Å²) in [5, 5.41) is 4.27. The van der Waals surface area contributed by atoms with E-state index in [2.05, 4.69) is 9.82 Å². The molecule has 27 heavy (non-hydrogen) atoms. The first-order valence-corrected chi connectivity index (χ1v) is 10.3. The van der Waals surface area contributed by atoms with Crippen molar-refractivity contribution in [3.63, 3.8) is 0 Å². The third-order valence-electron chi connectivity index (χ3n) is 5.27. The summed E-state index contributed by atoms with van der Waals surface area (Å²) in [6.07, 6.45) is 3.25. The van der Waals surface area contributed by atoms with Crippen molar-refractivity contribution < 1.29 is 8.42 Å². The molecule has 0 bridgehead atoms. The number of anilines is 1. The first-order chi connectivity index (χ1) is 12.7. The van der Waals surface area contributed by atoms with Gasteiger partial charge in [-0.1, -0.05) is 30.3 Å². The Balaban J connectivity index is 1.90. The molecule has 1 N–H and O–H groups in total. The number of hydrogen-bond donors (Lipinski definition) is 1. The van der Waals surface area contributed by atoms with Crippen LogP contribution in [0.4, 0.5) is 5.69 Å². The second kappa shape index (κ2) is 7.19. The number of benzene rings is 2. The van der Waals surface area contributed by atoms with Crippen molar-refractivity contribution in [2.24, 2.45) is 0 Å². The van der Waals surface area contributed by atoms with Gasteiger partial charge >= 0.3 is 0 Å². The summed E-state index contributed by atoms with van der Waals surface area (Å²) < 4.78 is 30.6. The Morgan fingerprint density at radius 1 is 0.889 bits per heavy atom. The van der Waals surface area contributed by atoms with E-state index in [1.165, 1.54) is 0 Å². The zero-order valence-corrected chi connectivity index (χ0v) is 17.2. The van der Waals surface area contributed by atoms with Crippen LogP contribution in [0, 0.1) is 34.6 Å². The zero-order chi connectivity index (χ0) is 19.8. The molecule has 0 atom stereocenters. The van der Waals surface area contributed by atoms with Gasteiger partial charge < -0.3 is 0 Å². The van der Waals surface area contributed by atoms with Crippen molar-refractivity contribution in [3.05, 3.63) is 76.1 Å². The van der Waals surface area contributed by atoms with E-state index in [1.807, 2.05) is 65.0 Å². The van der Waals surface area contributed by atoms with Gasteiger partial charge in [-0.2, -0.15) is 5.10 Å². The highest BCUT2D eigenvalue weighted by molar-refractivity contribution is 7.92. The first-order valence-electron chi connectivity index (χ1n) is 8.87. The fourth-order valence-electron chi connectivity index (χ4n) is 3.35. The Kier molecular flexibility index (Phi) is 5.11. The van der Waals surface area contributed by atoms with Crippen LogP contribution < -0.4 is 4.72 Å². The van der Waals surface area contributed by atoms with E-state index >= 15 is 0 Å². The van der Waals surface area contributed by atoms with Crippen LogP contribution in [0.2, 0.25) is 0 Å². The summed E-state index contributed by atoms with van der Waals surface area (Å²) in [5.74, 6) is 0. The summed E-state index contributed by atoms with van der Waals surface area (Å²) in [6.45, 7) is 10.3. The molecule has 0 saturated heterocycles. The van der Waals surface area contributed by atoms with Crippen molar-refractivity contribution in [1.29, 1.82) is 0 Å². The lowest BCUT2D eigenvalue weighted by atomic mass is 9.95. The highest BCUT2D eigenvalue weighted by Crippen LogP contribution is 2.30. The number of hydrogen-bond acceptors (Lipinski definition) is 3. The number of sulfonamides is 1. The number of nitrogens with one attached hydrogen (secondary N) is 1. The maximum atomic E-state index is 13.1. The largest absolute Gasteiger partial charge is 0.276 e. The Hall–Kier alpha value is -2.60. The van der Waals surface area contributed by atoms with Crippen molar-refractivity contribution >= 4 is 15.7 Å². The van der Waals surface area contributed by atoms with Crippen LogP contribution >= 0.6 is 0 Å². The minimum absolute atomic E-state index is 0.360. The molecule has 3 rings (SSSR count). The summed E-state index contributed by atoms with van der Waals surface area (Å²) >= 11 is 0. The van der Waals surface area contributed by atoms with Crippen molar-refractivity contribution in [2.45, 2.75) is 46.1 Å². The molecule has 0 amide bonds. The van der Waals surface area contributed by atoms with E-state index in [9.17, 15) is 8.42 Å². The molecule has 5 nitrogen and oxygen atoms in total. The molecule has 0 saturated carbocycles. The predicted molar refractivity (Wildman–Crippen MR) is 109 cm³/mol. The standard InChI is InChI=1S/C21H25N3O2S/c1-14-15(2)17(4)21(18(5)16(14)3)27(25,26)23-20-11-22-24(13-20)12-19-9-7-6-8-10-19/h6-11,13,23H,12H2,1-5H3. The van der Waals surface area contributed by atoms with Gasteiger partial charge in [-0.25, -0.2) is 8.42 Å². The Labute approximate surface area is 161 Å². The molecule has 1 heterocycles. The Morgan fingerprint density at radius 3 is 2.04 bits per heavy atom. The SMILES string of the molecule is Cc1c(C)c(C)c(S(=O)(=O)Nc2cnn(Cc3ccccc3)c2)c(C)c1C. The van der Waals surface area contributed by atoms with Gasteiger partial charge in [-0.05, 0) is 68.0 Å². The lowest BCUT2D eigenvalue weighted by Gasteiger charge is -2.19. The second-order valence-corrected chi connectivity index (χ2v) is 8.59. The van der Waals surface area contributed by atoms with Crippen LogP contribution in [0.1, 0.15) is 33.4 Å². The summed E-state index contributed by atoms with van der Waals surface area (Å²) in [5.41, 5.74) is 6.31. The molecule has 0 fully saturated rings. The Bertz CT molecular complexity index is 1060. The van der Waals surface area contributed by atoms with Gasteiger partial charge in [-0.15, -0.1) is 0 Å². The van der Waals surface area contributed by atoms with Gasteiger partial charge in [0.2, 0.25) is 0 Å². The fourth-order valence-corrected chi connectivity index (χ4v) is 4.98. The van der Waals surface area contributed by atoms with E-state index < -0.39 is 10.0 Å². The summed E-state index contributed by atoms with van der Waals surface area (Å²) in [4.78, 5) is 0.360. The molecule has 0 aliphatic rings. The van der Waals surface area contributed by atoms with Crippen LogP contribution in [-0.2, 0) is 16.6 Å². The minimum Gasteiger partial charge on any atom is -0.276 e. The van der Waals surface area contributed by atoms with Gasteiger partial charge in [0.15, 0.2) is 0 Å². The minimum atomic E-state index is -3.70. The molecule has 3 aromatic rings. The third kappa shape index (κ3) is 3.76. The normalized spacial score (nSPS) is 11.6. The molecule has 0 radical (unpaired) electrons. The van der Waals surface area contributed by atoms with E-state index in [0.29, 0.717) is 17.1 Å². The van der Waals surface area contributed by atoms with E-state index in [0.717, 1.165) is 33.4 Å². The van der Waals surface area contributed by atoms with Crippen molar-refractivity contribution in [2.75, 3.05) is 4.72 Å². The Morgan fingerprint density at radius 2 is 1.44 bits per heavy atom. The van der Waals surface area contributed by atoms with Gasteiger partial charge in [0, 0.05) is 6.20 Å². The average molecular weight is 384 g/mol. The molecule has 0 aliphatic heterocycles. The second-order valence-electron chi connectivity index (χ2n) is 6.97. The van der Waals surface area contributed by atoms with Crippen LogP contribution in [-0.4, -0.2) is 18.2 Å². The summed E-state index contributed by atoms with van der Waals surface area (Å²) in [6, 6.07) is 9.92. The molecule has 0 spiro atoms. The van der Waals surface area contributed by atoms with E-state index in [4.69, 9.17) is 0 Å². The summed E-state index contributed by atoms with van der Waals surface area (Å²) in [7, 11) is -3.70.